The second-order valence-corrected chi connectivity index (χ2v) is 6.45. The minimum Gasteiger partial charge on any atom is -0.496 e. The Labute approximate surface area is 142 Å². The second-order valence-electron chi connectivity index (χ2n) is 5.41. The maximum Gasteiger partial charge on any atom is 0.234 e. The highest BCUT2D eigenvalue weighted by Crippen LogP contribution is 2.24. The van der Waals surface area contributed by atoms with Gasteiger partial charge in [0.25, 0.3) is 0 Å². The fraction of sp³-hybridized carbons (Fsp3) is 0.389. The molecular formula is C18H24N2O2S. The van der Waals surface area contributed by atoms with Crippen molar-refractivity contribution in [3.8, 4) is 5.75 Å². The highest BCUT2D eigenvalue weighted by molar-refractivity contribution is 7.09. The molecule has 0 aliphatic carbocycles. The van der Waals surface area contributed by atoms with Gasteiger partial charge in [0.05, 0.1) is 19.7 Å². The van der Waals surface area contributed by atoms with E-state index in [0.29, 0.717) is 6.54 Å². The van der Waals surface area contributed by atoms with Gasteiger partial charge in [-0.25, -0.2) is 0 Å². The predicted octanol–water partition coefficient (Wildman–Crippen LogP) is 3.46. The van der Waals surface area contributed by atoms with Gasteiger partial charge in [0.15, 0.2) is 0 Å². The maximum absolute atomic E-state index is 12.3. The number of carbonyl (C=O) groups excluding carboxylic acids is 1. The molecule has 2 aromatic rings. The largest absolute Gasteiger partial charge is 0.496 e. The van der Waals surface area contributed by atoms with E-state index < -0.39 is 0 Å². The molecule has 1 unspecified atom stereocenters. The first-order valence-corrected chi connectivity index (χ1v) is 8.69. The van der Waals surface area contributed by atoms with Gasteiger partial charge < -0.3 is 10.1 Å². The van der Waals surface area contributed by atoms with Crippen molar-refractivity contribution in [2.45, 2.75) is 26.4 Å². The fourth-order valence-corrected chi connectivity index (χ4v) is 3.24. The summed E-state index contributed by atoms with van der Waals surface area (Å²) >= 11 is 1.72. The topological polar surface area (TPSA) is 41.6 Å². The van der Waals surface area contributed by atoms with Crippen molar-refractivity contribution in [1.82, 2.24) is 10.2 Å². The molecule has 2 rings (SSSR count). The summed E-state index contributed by atoms with van der Waals surface area (Å²) in [5.74, 6) is 0.827. The van der Waals surface area contributed by atoms with Crippen LogP contribution in [0.2, 0.25) is 0 Å². The van der Waals surface area contributed by atoms with E-state index >= 15 is 0 Å². The van der Waals surface area contributed by atoms with E-state index in [1.165, 1.54) is 4.88 Å². The minimum atomic E-state index is -0.0842. The van der Waals surface area contributed by atoms with Crippen LogP contribution in [0, 0.1) is 0 Å². The smallest absolute Gasteiger partial charge is 0.234 e. The predicted molar refractivity (Wildman–Crippen MR) is 94.8 cm³/mol. The fourth-order valence-electron chi connectivity index (χ4n) is 2.49. The summed E-state index contributed by atoms with van der Waals surface area (Å²) in [4.78, 5) is 15.7. The molecule has 0 spiro atoms. The molecule has 0 saturated heterocycles. The number of para-hydroxylation sites is 1. The van der Waals surface area contributed by atoms with E-state index in [9.17, 15) is 4.79 Å². The van der Waals surface area contributed by atoms with Crippen LogP contribution in [0.25, 0.3) is 0 Å². The van der Waals surface area contributed by atoms with Crippen LogP contribution in [-0.2, 0) is 11.3 Å². The zero-order chi connectivity index (χ0) is 16.7. The number of thiophene rings is 1. The number of hydrogen-bond donors (Lipinski definition) is 1. The zero-order valence-electron chi connectivity index (χ0n) is 13.9. The molecule has 4 nitrogen and oxygen atoms in total. The number of benzene rings is 1. The van der Waals surface area contributed by atoms with Gasteiger partial charge >= 0.3 is 0 Å². The van der Waals surface area contributed by atoms with Gasteiger partial charge in [-0.2, -0.15) is 0 Å². The first-order chi connectivity index (χ1) is 11.1. The Kier molecular flexibility index (Phi) is 6.62. The lowest BCUT2D eigenvalue weighted by Gasteiger charge is -2.22. The number of methoxy groups -OCH3 is 1. The lowest BCUT2D eigenvalue weighted by Crippen LogP contribution is -2.37. The molecule has 0 aliphatic rings. The Balaban J connectivity index is 1.92. The normalized spacial score (nSPS) is 12.2. The molecule has 0 bridgehead atoms. The number of rotatable bonds is 8. The van der Waals surface area contributed by atoms with Gasteiger partial charge in [-0.15, -0.1) is 11.3 Å². The minimum absolute atomic E-state index is 0.0295. The first-order valence-electron chi connectivity index (χ1n) is 7.81. The van der Waals surface area contributed by atoms with Crippen molar-refractivity contribution in [3.63, 3.8) is 0 Å². The molecule has 1 aromatic carbocycles. The molecule has 124 valence electrons. The summed E-state index contributed by atoms with van der Waals surface area (Å²) in [6.07, 6.45) is 0. The molecule has 1 aromatic heterocycles. The Hall–Kier alpha value is -1.85. The van der Waals surface area contributed by atoms with Crippen molar-refractivity contribution < 1.29 is 9.53 Å². The van der Waals surface area contributed by atoms with Crippen LogP contribution in [0.15, 0.2) is 41.8 Å². The summed E-state index contributed by atoms with van der Waals surface area (Å²) in [5.41, 5.74) is 0.990. The van der Waals surface area contributed by atoms with Gasteiger partial charge in [0, 0.05) is 17.0 Å². The molecule has 23 heavy (non-hydrogen) atoms. The number of nitrogens with zero attached hydrogens (tertiary/aromatic N) is 1. The van der Waals surface area contributed by atoms with Crippen molar-refractivity contribution in [3.05, 3.63) is 52.2 Å². The van der Waals surface area contributed by atoms with E-state index in [4.69, 9.17) is 4.74 Å². The highest BCUT2D eigenvalue weighted by Gasteiger charge is 2.16. The third kappa shape index (κ3) is 5.08. The van der Waals surface area contributed by atoms with Crippen LogP contribution < -0.4 is 10.1 Å². The maximum atomic E-state index is 12.3. The molecule has 5 heteroatoms. The lowest BCUT2D eigenvalue weighted by atomic mass is 10.1. The number of hydrogen-bond acceptors (Lipinski definition) is 4. The van der Waals surface area contributed by atoms with Crippen molar-refractivity contribution in [2.75, 3.05) is 20.2 Å². The van der Waals surface area contributed by atoms with Crippen LogP contribution >= 0.6 is 11.3 Å². The molecule has 0 radical (unpaired) electrons. The Morgan fingerprint density at radius 1 is 1.30 bits per heavy atom. The van der Waals surface area contributed by atoms with E-state index in [-0.39, 0.29) is 11.9 Å². The van der Waals surface area contributed by atoms with Crippen molar-refractivity contribution in [2.24, 2.45) is 0 Å². The van der Waals surface area contributed by atoms with Gasteiger partial charge in [-0.3, -0.25) is 9.69 Å². The van der Waals surface area contributed by atoms with Crippen LogP contribution in [0.4, 0.5) is 0 Å². The third-order valence-electron chi connectivity index (χ3n) is 3.76. The number of amides is 1. The van der Waals surface area contributed by atoms with Crippen LogP contribution in [0.5, 0.6) is 5.75 Å². The number of likely N-dealkylation sites (N-methyl/N-ethyl adjacent to an activating group) is 1. The summed E-state index contributed by atoms with van der Waals surface area (Å²) < 4.78 is 5.36. The summed E-state index contributed by atoms with van der Waals surface area (Å²) in [6, 6.07) is 11.8. The Morgan fingerprint density at radius 2 is 2.09 bits per heavy atom. The molecule has 1 heterocycles. The standard InChI is InChI=1S/C18H24N2O2S/c1-4-20(12-15-8-7-11-23-15)13-18(21)19-14(2)16-9-5-6-10-17(16)22-3/h5-11,14H,4,12-13H2,1-3H3,(H,19,21). The monoisotopic (exact) mass is 332 g/mol. The average molecular weight is 332 g/mol. The molecular weight excluding hydrogens is 308 g/mol. The summed E-state index contributed by atoms with van der Waals surface area (Å²) in [6.45, 7) is 6.10. The molecule has 1 N–H and O–H groups in total. The first kappa shape index (κ1) is 17.5. The summed E-state index contributed by atoms with van der Waals surface area (Å²) in [7, 11) is 1.65. The lowest BCUT2D eigenvalue weighted by molar-refractivity contribution is -0.123. The molecule has 0 aliphatic heterocycles. The van der Waals surface area contributed by atoms with Gasteiger partial charge in [-0.1, -0.05) is 31.2 Å². The zero-order valence-corrected chi connectivity index (χ0v) is 14.7. The Morgan fingerprint density at radius 3 is 2.74 bits per heavy atom. The van der Waals surface area contributed by atoms with Crippen LogP contribution in [0.3, 0.4) is 0 Å². The van der Waals surface area contributed by atoms with Crippen molar-refractivity contribution >= 4 is 17.2 Å². The van der Waals surface area contributed by atoms with E-state index in [1.807, 2.05) is 37.3 Å². The van der Waals surface area contributed by atoms with E-state index in [1.54, 1.807) is 18.4 Å². The van der Waals surface area contributed by atoms with E-state index in [0.717, 1.165) is 24.4 Å². The molecule has 1 atom stereocenters. The van der Waals surface area contributed by atoms with Crippen LogP contribution in [0.1, 0.15) is 30.3 Å². The number of nitrogens with one attached hydrogen (secondary N) is 1. The molecule has 0 fully saturated rings. The number of carbonyl (C=O) groups is 1. The molecule has 1 amide bonds. The summed E-state index contributed by atoms with van der Waals surface area (Å²) in [5, 5.41) is 5.12. The average Bonchev–Trinajstić information content (AvgIpc) is 3.07. The van der Waals surface area contributed by atoms with Crippen molar-refractivity contribution in [1.29, 1.82) is 0 Å². The van der Waals surface area contributed by atoms with Crippen LogP contribution in [-0.4, -0.2) is 31.0 Å². The van der Waals surface area contributed by atoms with Gasteiger partial charge in [-0.05, 0) is 31.0 Å². The second kappa shape index (κ2) is 8.70. The molecule has 0 saturated carbocycles. The Bertz CT molecular complexity index is 613. The third-order valence-corrected chi connectivity index (χ3v) is 4.62. The van der Waals surface area contributed by atoms with Gasteiger partial charge in [0.2, 0.25) is 5.91 Å². The number of ether oxygens (including phenoxy) is 1. The SMILES string of the molecule is CCN(CC(=O)NC(C)c1ccccc1OC)Cc1cccs1. The quantitative estimate of drug-likeness (QED) is 0.805. The highest BCUT2D eigenvalue weighted by atomic mass is 32.1. The van der Waals surface area contributed by atoms with Gasteiger partial charge in [0.1, 0.15) is 5.75 Å². The van der Waals surface area contributed by atoms with E-state index in [2.05, 4.69) is 28.6 Å².